The zero-order valence-corrected chi connectivity index (χ0v) is 11.5. The predicted octanol–water partition coefficient (Wildman–Crippen LogP) is 0.353. The van der Waals surface area contributed by atoms with E-state index in [4.69, 9.17) is 0 Å². The lowest BCUT2D eigenvalue weighted by atomic mass is 9.82. The van der Waals surface area contributed by atoms with E-state index in [9.17, 15) is 8.42 Å². The molecule has 1 N–H and O–H groups in total. The van der Waals surface area contributed by atoms with Gasteiger partial charge in [-0.05, 0) is 57.3 Å². The maximum atomic E-state index is 11.1. The molecule has 0 saturated carbocycles. The summed E-state index contributed by atoms with van der Waals surface area (Å²) >= 11 is 0. The van der Waals surface area contributed by atoms with Gasteiger partial charge in [-0.15, -0.1) is 0 Å². The first-order chi connectivity index (χ1) is 8.04. The number of hydrogen-bond donors (Lipinski definition) is 1. The van der Waals surface area contributed by atoms with Crippen LogP contribution in [-0.4, -0.2) is 58.1 Å². The van der Waals surface area contributed by atoms with Gasteiger partial charge in [0.2, 0.25) is 0 Å². The highest BCUT2D eigenvalue weighted by molar-refractivity contribution is 7.90. The first kappa shape index (κ1) is 13.3. The molecule has 4 nitrogen and oxygen atoms in total. The molecule has 0 radical (unpaired) electrons. The van der Waals surface area contributed by atoms with Gasteiger partial charge in [0.15, 0.2) is 0 Å². The van der Waals surface area contributed by atoms with Crippen molar-refractivity contribution < 1.29 is 8.42 Å². The molecule has 5 heteroatoms. The van der Waals surface area contributed by atoms with Crippen LogP contribution in [0, 0.1) is 11.8 Å². The average Bonchev–Trinajstić information content (AvgIpc) is 2.13. The molecule has 2 rings (SSSR count). The van der Waals surface area contributed by atoms with Gasteiger partial charge >= 0.3 is 0 Å². The molecule has 0 unspecified atom stereocenters. The predicted molar refractivity (Wildman–Crippen MR) is 69.9 cm³/mol. The smallest absolute Gasteiger partial charge is 0.147 e. The van der Waals surface area contributed by atoms with Gasteiger partial charge in [0.05, 0.1) is 5.75 Å². The molecule has 2 heterocycles. The molecule has 0 spiro atoms. The van der Waals surface area contributed by atoms with Gasteiger partial charge in [0, 0.05) is 12.8 Å². The molecule has 100 valence electrons. The second kappa shape index (κ2) is 5.67. The van der Waals surface area contributed by atoms with Gasteiger partial charge in [-0.2, -0.15) is 0 Å². The summed E-state index contributed by atoms with van der Waals surface area (Å²) < 4.78 is 22.1. The topological polar surface area (TPSA) is 49.4 Å². The van der Waals surface area contributed by atoms with Crippen molar-refractivity contribution in [3.63, 3.8) is 0 Å². The molecule has 0 bridgehead atoms. The van der Waals surface area contributed by atoms with Crippen molar-refractivity contribution in [1.29, 1.82) is 0 Å². The van der Waals surface area contributed by atoms with E-state index < -0.39 is 9.84 Å². The minimum Gasteiger partial charge on any atom is -0.316 e. The molecule has 0 aromatic rings. The summed E-state index contributed by atoms with van der Waals surface area (Å²) in [7, 11) is -2.78. The monoisotopic (exact) mass is 260 g/mol. The van der Waals surface area contributed by atoms with Crippen LogP contribution in [0.1, 0.15) is 19.3 Å². The van der Waals surface area contributed by atoms with Crippen LogP contribution >= 0.6 is 0 Å². The third kappa shape index (κ3) is 4.23. The van der Waals surface area contributed by atoms with E-state index in [-0.39, 0.29) is 0 Å². The number of rotatable bonds is 5. The summed E-state index contributed by atoms with van der Waals surface area (Å²) in [4.78, 5) is 2.46. The van der Waals surface area contributed by atoms with Crippen LogP contribution in [0.4, 0.5) is 0 Å². The fraction of sp³-hybridized carbons (Fsp3) is 1.00. The largest absolute Gasteiger partial charge is 0.316 e. The molecule has 2 aliphatic heterocycles. The molecule has 0 amide bonds. The Hall–Kier alpha value is -0.130. The molecule has 1 atom stereocenters. The second-order valence-electron chi connectivity index (χ2n) is 5.60. The molecule has 2 aliphatic rings. The Morgan fingerprint density at radius 2 is 2.06 bits per heavy atom. The highest BCUT2D eigenvalue weighted by atomic mass is 32.2. The average molecular weight is 260 g/mol. The Balaban J connectivity index is 1.70. The molecule has 2 fully saturated rings. The quantitative estimate of drug-likeness (QED) is 0.775. The zero-order chi connectivity index (χ0) is 12.3. The first-order valence-electron chi connectivity index (χ1n) is 6.65. The van der Waals surface area contributed by atoms with Gasteiger partial charge in [0.1, 0.15) is 9.84 Å². The number of hydrogen-bond acceptors (Lipinski definition) is 4. The van der Waals surface area contributed by atoms with Crippen LogP contribution in [0.3, 0.4) is 0 Å². The van der Waals surface area contributed by atoms with E-state index in [0.29, 0.717) is 5.75 Å². The standard InChI is InChI=1S/C12H24N2O2S/c1-17(15,16)7-3-6-14-5-2-4-11(10-14)12-8-13-9-12/h11-13H,2-10H2,1H3/t11-/m0/s1. The number of likely N-dealkylation sites (tertiary alicyclic amines) is 1. The van der Waals surface area contributed by atoms with Crippen molar-refractivity contribution in [3.8, 4) is 0 Å². The Bertz CT molecular complexity index is 338. The van der Waals surface area contributed by atoms with Crippen molar-refractivity contribution in [2.24, 2.45) is 11.8 Å². The number of sulfone groups is 1. The van der Waals surface area contributed by atoms with Crippen molar-refractivity contribution >= 4 is 9.84 Å². The van der Waals surface area contributed by atoms with Crippen LogP contribution in [0.2, 0.25) is 0 Å². The lowest BCUT2D eigenvalue weighted by Gasteiger charge is -2.41. The third-order valence-corrected chi connectivity index (χ3v) is 5.04. The maximum Gasteiger partial charge on any atom is 0.147 e. The van der Waals surface area contributed by atoms with Crippen LogP contribution in [0.15, 0.2) is 0 Å². The highest BCUT2D eigenvalue weighted by Gasteiger charge is 2.30. The SMILES string of the molecule is CS(=O)(=O)CCCN1CCC[C@H](C2CNC2)C1. The molecule has 2 saturated heterocycles. The number of piperidine rings is 1. The van der Waals surface area contributed by atoms with Crippen molar-refractivity contribution in [1.82, 2.24) is 10.2 Å². The van der Waals surface area contributed by atoms with Crippen molar-refractivity contribution in [2.45, 2.75) is 19.3 Å². The van der Waals surface area contributed by atoms with Gasteiger partial charge in [0.25, 0.3) is 0 Å². The highest BCUT2D eigenvalue weighted by Crippen LogP contribution is 2.26. The fourth-order valence-electron chi connectivity index (χ4n) is 2.87. The summed E-state index contributed by atoms with van der Waals surface area (Å²) in [5.74, 6) is 2.04. The normalized spacial score (nSPS) is 27.9. The van der Waals surface area contributed by atoms with Gasteiger partial charge in [-0.1, -0.05) is 0 Å². The minimum absolute atomic E-state index is 0.332. The van der Waals surface area contributed by atoms with E-state index in [1.807, 2.05) is 0 Å². The van der Waals surface area contributed by atoms with E-state index in [2.05, 4.69) is 10.2 Å². The van der Waals surface area contributed by atoms with Crippen LogP contribution in [0.25, 0.3) is 0 Å². The van der Waals surface area contributed by atoms with Crippen molar-refractivity contribution in [2.75, 3.05) is 44.7 Å². The number of nitrogens with one attached hydrogen (secondary N) is 1. The summed E-state index contributed by atoms with van der Waals surface area (Å²) in [6.07, 6.45) is 4.75. The minimum atomic E-state index is -2.78. The molecule has 0 aliphatic carbocycles. The summed E-state index contributed by atoms with van der Waals surface area (Å²) in [5.41, 5.74) is 0. The first-order valence-corrected chi connectivity index (χ1v) is 8.71. The summed E-state index contributed by atoms with van der Waals surface area (Å²) in [6.45, 7) is 5.64. The maximum absolute atomic E-state index is 11.1. The Kier molecular flexibility index (Phi) is 4.44. The van der Waals surface area contributed by atoms with E-state index in [0.717, 1.165) is 31.3 Å². The Morgan fingerprint density at radius 1 is 1.29 bits per heavy atom. The van der Waals surface area contributed by atoms with Crippen molar-refractivity contribution in [3.05, 3.63) is 0 Å². The Morgan fingerprint density at radius 3 is 2.65 bits per heavy atom. The van der Waals surface area contributed by atoms with Crippen LogP contribution in [0.5, 0.6) is 0 Å². The second-order valence-corrected chi connectivity index (χ2v) is 7.86. The van der Waals surface area contributed by atoms with Crippen LogP contribution < -0.4 is 5.32 Å². The zero-order valence-electron chi connectivity index (χ0n) is 10.7. The third-order valence-electron chi connectivity index (χ3n) is 4.01. The van der Waals surface area contributed by atoms with Gasteiger partial charge < -0.3 is 10.2 Å². The summed E-state index contributed by atoms with van der Waals surface area (Å²) in [5, 5.41) is 3.34. The summed E-state index contributed by atoms with van der Waals surface area (Å²) in [6, 6.07) is 0. The lowest BCUT2D eigenvalue weighted by Crippen LogP contribution is -2.51. The fourth-order valence-corrected chi connectivity index (χ4v) is 3.53. The van der Waals surface area contributed by atoms with Gasteiger partial charge in [-0.3, -0.25) is 0 Å². The van der Waals surface area contributed by atoms with E-state index in [1.54, 1.807) is 0 Å². The van der Waals surface area contributed by atoms with E-state index >= 15 is 0 Å². The molecule has 0 aromatic carbocycles. The molecule has 17 heavy (non-hydrogen) atoms. The van der Waals surface area contributed by atoms with Gasteiger partial charge in [-0.25, -0.2) is 8.42 Å². The number of nitrogens with zero attached hydrogens (tertiary/aromatic N) is 1. The Labute approximate surface area is 105 Å². The molecular formula is C12H24N2O2S. The van der Waals surface area contributed by atoms with E-state index in [1.165, 1.54) is 38.7 Å². The lowest BCUT2D eigenvalue weighted by molar-refractivity contribution is 0.108. The molecular weight excluding hydrogens is 236 g/mol. The van der Waals surface area contributed by atoms with Crippen LogP contribution in [-0.2, 0) is 9.84 Å². The molecule has 0 aromatic heterocycles.